The van der Waals surface area contributed by atoms with Crippen molar-refractivity contribution >= 4 is 6.16 Å². The number of piperidine rings is 1. The van der Waals surface area contributed by atoms with Crippen LogP contribution < -0.4 is 0 Å². The molecule has 0 amide bonds. The molecule has 0 aliphatic carbocycles. The predicted molar refractivity (Wildman–Crippen MR) is 68.2 cm³/mol. The second-order valence-corrected chi connectivity index (χ2v) is 4.53. The summed E-state index contributed by atoms with van der Waals surface area (Å²) in [6.07, 6.45) is 1.19. The maximum absolute atomic E-state index is 11.0. The second kappa shape index (κ2) is 6.40. The summed E-state index contributed by atoms with van der Waals surface area (Å²) in [7, 11) is 1.34. The molecule has 1 saturated heterocycles. The Balaban J connectivity index is 1.75. The van der Waals surface area contributed by atoms with Gasteiger partial charge in [0.25, 0.3) is 0 Å². The molecule has 1 aromatic rings. The first kappa shape index (κ1) is 12.9. The first-order valence-electron chi connectivity index (χ1n) is 6.29. The Bertz CT molecular complexity index is 372. The lowest BCUT2D eigenvalue weighted by molar-refractivity contribution is 0.00845. The van der Waals surface area contributed by atoms with Crippen molar-refractivity contribution < 1.29 is 14.3 Å². The van der Waals surface area contributed by atoms with E-state index in [-0.39, 0.29) is 6.10 Å². The van der Waals surface area contributed by atoms with Crippen molar-refractivity contribution in [3.8, 4) is 0 Å². The number of benzene rings is 1. The molecular weight excluding hydrogens is 230 g/mol. The molecule has 0 spiro atoms. The summed E-state index contributed by atoms with van der Waals surface area (Å²) in [5.41, 5.74) is 1.32. The lowest BCUT2D eigenvalue weighted by atomic mass is 10.1. The monoisotopic (exact) mass is 249 g/mol. The van der Waals surface area contributed by atoms with Crippen LogP contribution in [0.3, 0.4) is 0 Å². The van der Waals surface area contributed by atoms with Crippen LogP contribution in [0.2, 0.25) is 0 Å². The van der Waals surface area contributed by atoms with E-state index in [0.717, 1.165) is 32.5 Å². The average Bonchev–Trinajstić information content (AvgIpc) is 2.42. The van der Waals surface area contributed by atoms with Crippen LogP contribution in [0.4, 0.5) is 4.79 Å². The van der Waals surface area contributed by atoms with E-state index in [4.69, 9.17) is 4.74 Å². The van der Waals surface area contributed by atoms with Crippen LogP contribution in [0.25, 0.3) is 0 Å². The van der Waals surface area contributed by atoms with Gasteiger partial charge in [0.15, 0.2) is 0 Å². The Morgan fingerprint density at radius 1 is 1.28 bits per heavy atom. The van der Waals surface area contributed by atoms with Crippen molar-refractivity contribution in [2.45, 2.75) is 25.5 Å². The minimum atomic E-state index is -0.573. The first-order valence-corrected chi connectivity index (χ1v) is 6.29. The molecule has 4 heteroatoms. The van der Waals surface area contributed by atoms with E-state index >= 15 is 0 Å². The van der Waals surface area contributed by atoms with Crippen molar-refractivity contribution in [2.75, 3.05) is 20.2 Å². The van der Waals surface area contributed by atoms with Gasteiger partial charge in [0.05, 0.1) is 7.11 Å². The van der Waals surface area contributed by atoms with Gasteiger partial charge in [0.2, 0.25) is 0 Å². The summed E-state index contributed by atoms with van der Waals surface area (Å²) in [4.78, 5) is 13.4. The normalized spacial score (nSPS) is 17.4. The number of carbonyl (C=O) groups excluding carboxylic acids is 1. The zero-order valence-electron chi connectivity index (χ0n) is 10.7. The number of hydrogen-bond donors (Lipinski definition) is 0. The second-order valence-electron chi connectivity index (χ2n) is 4.53. The molecule has 0 atom stereocenters. The van der Waals surface area contributed by atoms with Crippen molar-refractivity contribution in [3.05, 3.63) is 35.9 Å². The topological polar surface area (TPSA) is 38.8 Å². The molecule has 1 aromatic carbocycles. The van der Waals surface area contributed by atoms with Gasteiger partial charge in [-0.1, -0.05) is 30.3 Å². The fourth-order valence-electron chi connectivity index (χ4n) is 2.21. The number of nitrogens with zero attached hydrogens (tertiary/aromatic N) is 1. The first-order chi connectivity index (χ1) is 8.78. The van der Waals surface area contributed by atoms with E-state index in [1.807, 2.05) is 6.07 Å². The van der Waals surface area contributed by atoms with E-state index in [2.05, 4.69) is 33.9 Å². The van der Waals surface area contributed by atoms with Crippen molar-refractivity contribution in [1.82, 2.24) is 4.90 Å². The van der Waals surface area contributed by atoms with E-state index < -0.39 is 6.16 Å². The summed E-state index contributed by atoms with van der Waals surface area (Å²) in [5.74, 6) is 0. The van der Waals surface area contributed by atoms with Crippen molar-refractivity contribution in [3.63, 3.8) is 0 Å². The Kier molecular flexibility index (Phi) is 4.59. The smallest absolute Gasteiger partial charge is 0.438 e. The molecule has 0 bridgehead atoms. The molecule has 0 unspecified atom stereocenters. The van der Waals surface area contributed by atoms with Gasteiger partial charge in [-0.25, -0.2) is 4.79 Å². The van der Waals surface area contributed by atoms with Gasteiger partial charge < -0.3 is 9.47 Å². The number of likely N-dealkylation sites (tertiary alicyclic amines) is 1. The van der Waals surface area contributed by atoms with Crippen LogP contribution >= 0.6 is 0 Å². The zero-order chi connectivity index (χ0) is 12.8. The van der Waals surface area contributed by atoms with Gasteiger partial charge in [0, 0.05) is 19.6 Å². The third-order valence-electron chi connectivity index (χ3n) is 3.21. The maximum atomic E-state index is 11.0. The molecule has 1 fully saturated rings. The third kappa shape index (κ3) is 3.74. The quantitative estimate of drug-likeness (QED) is 0.771. The minimum Gasteiger partial charge on any atom is -0.438 e. The van der Waals surface area contributed by atoms with E-state index in [9.17, 15) is 4.79 Å². The summed E-state index contributed by atoms with van der Waals surface area (Å²) in [6, 6.07) is 10.4. The van der Waals surface area contributed by atoms with E-state index in [1.165, 1.54) is 12.7 Å². The lowest BCUT2D eigenvalue weighted by Crippen LogP contribution is -2.37. The number of methoxy groups -OCH3 is 1. The molecule has 4 nitrogen and oxygen atoms in total. The number of rotatable bonds is 3. The van der Waals surface area contributed by atoms with Gasteiger partial charge in [-0.15, -0.1) is 0 Å². The number of carbonyl (C=O) groups is 1. The van der Waals surface area contributed by atoms with Crippen LogP contribution in [0, 0.1) is 0 Å². The van der Waals surface area contributed by atoms with E-state index in [0.29, 0.717) is 0 Å². The maximum Gasteiger partial charge on any atom is 0.508 e. The van der Waals surface area contributed by atoms with Crippen LogP contribution in [0.15, 0.2) is 30.3 Å². The van der Waals surface area contributed by atoms with Crippen LogP contribution in [-0.2, 0) is 16.0 Å². The molecule has 1 aliphatic rings. The van der Waals surface area contributed by atoms with Gasteiger partial charge in [-0.3, -0.25) is 4.90 Å². The Morgan fingerprint density at radius 3 is 2.56 bits per heavy atom. The zero-order valence-corrected chi connectivity index (χ0v) is 10.7. The molecular formula is C14H19NO3. The minimum absolute atomic E-state index is 0.00414. The van der Waals surface area contributed by atoms with Gasteiger partial charge >= 0.3 is 6.16 Å². The summed E-state index contributed by atoms with van der Waals surface area (Å²) < 4.78 is 9.65. The molecule has 18 heavy (non-hydrogen) atoms. The van der Waals surface area contributed by atoms with Crippen LogP contribution in [-0.4, -0.2) is 37.4 Å². The molecule has 0 N–H and O–H groups in total. The molecule has 98 valence electrons. The van der Waals surface area contributed by atoms with E-state index in [1.54, 1.807) is 0 Å². The highest BCUT2D eigenvalue weighted by Crippen LogP contribution is 2.16. The Morgan fingerprint density at radius 2 is 1.94 bits per heavy atom. The number of hydrogen-bond acceptors (Lipinski definition) is 4. The number of ether oxygens (including phenoxy) is 2. The van der Waals surface area contributed by atoms with Crippen LogP contribution in [0.1, 0.15) is 18.4 Å². The lowest BCUT2D eigenvalue weighted by Gasteiger charge is -2.31. The summed E-state index contributed by atoms with van der Waals surface area (Å²) in [5, 5.41) is 0. The van der Waals surface area contributed by atoms with Crippen LogP contribution in [0.5, 0.6) is 0 Å². The fraction of sp³-hybridized carbons (Fsp3) is 0.500. The van der Waals surface area contributed by atoms with Gasteiger partial charge in [0.1, 0.15) is 6.10 Å². The average molecular weight is 249 g/mol. The highest BCUT2D eigenvalue weighted by molar-refractivity contribution is 5.59. The summed E-state index contributed by atoms with van der Waals surface area (Å²) in [6.45, 7) is 2.87. The Hall–Kier alpha value is -1.55. The molecule has 1 heterocycles. The Labute approximate surface area is 107 Å². The molecule has 0 aromatic heterocycles. The van der Waals surface area contributed by atoms with Gasteiger partial charge in [-0.2, -0.15) is 0 Å². The summed E-state index contributed by atoms with van der Waals surface area (Å²) >= 11 is 0. The predicted octanol–water partition coefficient (Wildman–Crippen LogP) is 2.43. The molecule has 0 saturated carbocycles. The fourth-order valence-corrected chi connectivity index (χ4v) is 2.21. The van der Waals surface area contributed by atoms with Crippen molar-refractivity contribution in [2.24, 2.45) is 0 Å². The molecule has 0 radical (unpaired) electrons. The third-order valence-corrected chi connectivity index (χ3v) is 3.21. The standard InChI is InChI=1S/C14H19NO3/c1-17-14(16)18-13-7-9-15(10-8-13)11-12-5-3-2-4-6-12/h2-6,13H,7-11H2,1H3. The largest absolute Gasteiger partial charge is 0.508 e. The SMILES string of the molecule is COC(=O)OC1CCN(Cc2ccccc2)CC1. The highest BCUT2D eigenvalue weighted by Gasteiger charge is 2.22. The molecule has 2 rings (SSSR count). The highest BCUT2D eigenvalue weighted by atomic mass is 16.7. The molecule has 1 aliphatic heterocycles. The van der Waals surface area contributed by atoms with Gasteiger partial charge in [-0.05, 0) is 18.4 Å². The van der Waals surface area contributed by atoms with Crippen molar-refractivity contribution in [1.29, 1.82) is 0 Å².